The van der Waals surface area contributed by atoms with Crippen molar-refractivity contribution >= 4 is 21.6 Å². The van der Waals surface area contributed by atoms with Crippen molar-refractivity contribution in [2.24, 2.45) is 0 Å². The van der Waals surface area contributed by atoms with Crippen molar-refractivity contribution in [2.45, 2.75) is 0 Å². The van der Waals surface area contributed by atoms with Gasteiger partial charge in [-0.25, -0.2) is 4.98 Å². The minimum absolute atomic E-state index is 0.0568. The largest absolute Gasteiger partial charge is 0.439 e. The van der Waals surface area contributed by atoms with E-state index in [0.717, 1.165) is 5.56 Å². The maximum Gasteiger partial charge on any atom is 0.269 e. The lowest BCUT2D eigenvalue weighted by Crippen LogP contribution is -1.87. The molecule has 0 fully saturated rings. The van der Waals surface area contributed by atoms with Crippen molar-refractivity contribution in [2.75, 3.05) is 0 Å². The molecule has 0 aliphatic carbocycles. The molecule has 5 nitrogen and oxygen atoms in total. The molecule has 0 N–H and O–H groups in total. The zero-order valence-electron chi connectivity index (χ0n) is 7.38. The molecule has 0 aliphatic rings. The van der Waals surface area contributed by atoms with Gasteiger partial charge in [0.1, 0.15) is 12.0 Å². The molecule has 6 heteroatoms. The molecule has 0 amide bonds. The van der Waals surface area contributed by atoms with Crippen molar-refractivity contribution in [1.29, 1.82) is 0 Å². The van der Waals surface area contributed by atoms with E-state index < -0.39 is 4.92 Å². The molecule has 0 saturated carbocycles. The van der Waals surface area contributed by atoms with Crippen molar-refractivity contribution in [3.8, 4) is 11.3 Å². The SMILES string of the molecule is O=[N+]([O-])c1ccc(-c2coc(Br)n2)cc1. The Morgan fingerprint density at radius 3 is 2.47 bits per heavy atom. The number of rotatable bonds is 2. The quantitative estimate of drug-likeness (QED) is 0.620. The monoisotopic (exact) mass is 268 g/mol. The van der Waals surface area contributed by atoms with E-state index >= 15 is 0 Å². The van der Waals surface area contributed by atoms with Gasteiger partial charge >= 0.3 is 0 Å². The van der Waals surface area contributed by atoms with Crippen LogP contribution in [0.5, 0.6) is 0 Å². The summed E-state index contributed by atoms with van der Waals surface area (Å²) in [7, 11) is 0. The van der Waals surface area contributed by atoms with E-state index in [9.17, 15) is 10.1 Å². The smallest absolute Gasteiger partial charge is 0.269 e. The number of oxazole rings is 1. The summed E-state index contributed by atoms with van der Waals surface area (Å²) in [5.41, 5.74) is 1.47. The summed E-state index contributed by atoms with van der Waals surface area (Å²) >= 11 is 3.08. The molecule has 0 spiro atoms. The van der Waals surface area contributed by atoms with Gasteiger partial charge in [0.15, 0.2) is 0 Å². The molecule has 1 heterocycles. The summed E-state index contributed by atoms with van der Waals surface area (Å²) in [5, 5.41) is 10.4. The zero-order valence-corrected chi connectivity index (χ0v) is 8.97. The lowest BCUT2D eigenvalue weighted by Gasteiger charge is -1.94. The Labute approximate surface area is 93.0 Å². The van der Waals surface area contributed by atoms with Gasteiger partial charge in [-0.15, -0.1) is 0 Å². The van der Waals surface area contributed by atoms with Crippen LogP contribution in [0.25, 0.3) is 11.3 Å². The van der Waals surface area contributed by atoms with Crippen LogP contribution < -0.4 is 0 Å². The average Bonchev–Trinajstić information content (AvgIpc) is 2.65. The predicted molar refractivity (Wildman–Crippen MR) is 56.3 cm³/mol. The Bertz CT molecular complexity index is 492. The van der Waals surface area contributed by atoms with Crippen LogP contribution in [0.2, 0.25) is 0 Å². The van der Waals surface area contributed by atoms with Gasteiger partial charge < -0.3 is 4.42 Å². The first-order valence-electron chi connectivity index (χ1n) is 4.02. The molecule has 1 aromatic heterocycles. The fraction of sp³-hybridized carbons (Fsp3) is 0. The summed E-state index contributed by atoms with van der Waals surface area (Å²) in [6, 6.07) is 6.11. The van der Waals surface area contributed by atoms with E-state index in [2.05, 4.69) is 20.9 Å². The van der Waals surface area contributed by atoms with Gasteiger partial charge in [0.2, 0.25) is 0 Å². The van der Waals surface area contributed by atoms with Gasteiger partial charge in [0.25, 0.3) is 10.5 Å². The molecule has 2 aromatic rings. The maximum atomic E-state index is 10.4. The molecule has 0 bridgehead atoms. The topological polar surface area (TPSA) is 69.2 Å². The van der Waals surface area contributed by atoms with Crippen LogP contribution in [-0.2, 0) is 0 Å². The van der Waals surface area contributed by atoms with Gasteiger partial charge in [0.05, 0.1) is 4.92 Å². The van der Waals surface area contributed by atoms with Crippen LogP contribution in [0.3, 0.4) is 0 Å². The van der Waals surface area contributed by atoms with E-state index in [0.29, 0.717) is 10.5 Å². The van der Waals surface area contributed by atoms with Crippen LogP contribution in [0.4, 0.5) is 5.69 Å². The Kier molecular flexibility index (Phi) is 2.51. The molecule has 0 unspecified atom stereocenters. The molecule has 0 aliphatic heterocycles. The first kappa shape index (κ1) is 9.85. The normalized spacial score (nSPS) is 10.2. The van der Waals surface area contributed by atoms with Crippen LogP contribution in [0.15, 0.2) is 39.7 Å². The number of non-ortho nitro benzene ring substituents is 1. The first-order valence-corrected chi connectivity index (χ1v) is 4.82. The Balaban J connectivity index is 2.35. The minimum Gasteiger partial charge on any atom is -0.439 e. The standard InChI is InChI=1S/C9H5BrN2O3/c10-9-11-8(5-15-9)6-1-3-7(4-2-6)12(13)14/h1-5H. The molecule has 2 rings (SSSR count). The van der Waals surface area contributed by atoms with Crippen LogP contribution in [0.1, 0.15) is 0 Å². The second-order valence-electron chi connectivity index (χ2n) is 2.79. The summed E-state index contributed by atoms with van der Waals surface area (Å²) in [6.07, 6.45) is 1.48. The summed E-state index contributed by atoms with van der Waals surface area (Å²) in [4.78, 5) is 14.4. The lowest BCUT2D eigenvalue weighted by atomic mass is 10.1. The highest BCUT2D eigenvalue weighted by Gasteiger charge is 2.07. The highest BCUT2D eigenvalue weighted by Crippen LogP contribution is 2.23. The number of aromatic nitrogens is 1. The highest BCUT2D eigenvalue weighted by molar-refractivity contribution is 9.10. The lowest BCUT2D eigenvalue weighted by molar-refractivity contribution is -0.384. The maximum absolute atomic E-state index is 10.4. The number of benzene rings is 1. The number of hydrogen-bond donors (Lipinski definition) is 0. The van der Waals surface area contributed by atoms with Crippen molar-refractivity contribution in [3.05, 3.63) is 45.4 Å². The summed E-state index contributed by atoms with van der Waals surface area (Å²) in [5.74, 6) is 0. The second-order valence-corrected chi connectivity index (χ2v) is 3.47. The Morgan fingerprint density at radius 2 is 2.00 bits per heavy atom. The van der Waals surface area contributed by atoms with E-state index in [1.54, 1.807) is 12.1 Å². The fourth-order valence-electron chi connectivity index (χ4n) is 1.14. The van der Waals surface area contributed by atoms with Gasteiger partial charge in [-0.05, 0) is 12.1 Å². The summed E-state index contributed by atoms with van der Waals surface area (Å²) < 4.78 is 4.97. The number of hydrogen-bond acceptors (Lipinski definition) is 4. The molecule has 0 atom stereocenters. The van der Waals surface area contributed by atoms with E-state index in [4.69, 9.17) is 4.42 Å². The van der Waals surface area contributed by atoms with Crippen molar-refractivity contribution < 1.29 is 9.34 Å². The number of nitrogens with zero attached hydrogens (tertiary/aromatic N) is 2. The van der Waals surface area contributed by atoms with Crippen LogP contribution in [-0.4, -0.2) is 9.91 Å². The number of nitro groups is 1. The van der Waals surface area contributed by atoms with Gasteiger partial charge in [-0.1, -0.05) is 0 Å². The van der Waals surface area contributed by atoms with Crippen molar-refractivity contribution in [3.63, 3.8) is 0 Å². The molecule has 15 heavy (non-hydrogen) atoms. The molecule has 0 saturated heterocycles. The third-order valence-corrected chi connectivity index (χ3v) is 2.21. The molecule has 76 valence electrons. The average molecular weight is 269 g/mol. The Hall–Kier alpha value is -1.69. The fourth-order valence-corrected chi connectivity index (χ4v) is 1.42. The van der Waals surface area contributed by atoms with E-state index in [1.807, 2.05) is 0 Å². The third-order valence-electron chi connectivity index (χ3n) is 1.85. The zero-order chi connectivity index (χ0) is 10.8. The molecule has 1 aromatic carbocycles. The first-order chi connectivity index (χ1) is 7.16. The van der Waals surface area contributed by atoms with Crippen LogP contribution in [0, 0.1) is 10.1 Å². The van der Waals surface area contributed by atoms with Gasteiger partial charge in [-0.2, -0.15) is 0 Å². The van der Waals surface area contributed by atoms with Crippen LogP contribution >= 0.6 is 15.9 Å². The van der Waals surface area contributed by atoms with Crippen molar-refractivity contribution in [1.82, 2.24) is 4.98 Å². The minimum atomic E-state index is -0.442. The van der Waals surface area contributed by atoms with E-state index in [1.165, 1.54) is 18.4 Å². The number of halogens is 1. The summed E-state index contributed by atoms with van der Waals surface area (Å²) in [6.45, 7) is 0. The van der Waals surface area contributed by atoms with Gasteiger partial charge in [-0.3, -0.25) is 10.1 Å². The molecular weight excluding hydrogens is 264 g/mol. The third kappa shape index (κ3) is 2.04. The van der Waals surface area contributed by atoms with Gasteiger partial charge in [0, 0.05) is 33.6 Å². The second kappa shape index (κ2) is 3.82. The molecular formula is C9H5BrN2O3. The van der Waals surface area contributed by atoms with E-state index in [-0.39, 0.29) is 5.69 Å². The molecule has 0 radical (unpaired) electrons. The number of nitro benzene ring substituents is 1. The highest BCUT2D eigenvalue weighted by atomic mass is 79.9. The predicted octanol–water partition coefficient (Wildman–Crippen LogP) is 3.01. The Morgan fingerprint density at radius 1 is 1.33 bits per heavy atom.